The summed E-state index contributed by atoms with van der Waals surface area (Å²) in [6.45, 7) is 4.12. The van der Waals surface area contributed by atoms with Gasteiger partial charge in [-0.25, -0.2) is 0 Å². The fourth-order valence-corrected chi connectivity index (χ4v) is 1.83. The molecule has 2 rings (SSSR count). The third-order valence-electron chi connectivity index (χ3n) is 2.59. The maximum Gasteiger partial charge on any atom is 0.0633 e. The van der Waals surface area contributed by atoms with Crippen molar-refractivity contribution in [2.45, 2.75) is 13.8 Å². The van der Waals surface area contributed by atoms with Crippen LogP contribution in [0.25, 0.3) is 0 Å². The lowest BCUT2D eigenvalue weighted by atomic mass is 10.1. The molecule has 2 aromatic carbocycles. The van der Waals surface area contributed by atoms with Crippen molar-refractivity contribution in [3.63, 3.8) is 0 Å². The fraction of sp³-hybridized carbons (Fsp3) is 0.133. The van der Waals surface area contributed by atoms with Gasteiger partial charge < -0.3 is 0 Å². The highest BCUT2D eigenvalue weighted by Gasteiger charge is 1.97. The first-order valence-electron chi connectivity index (χ1n) is 5.53. The first-order valence-corrected chi connectivity index (χ1v) is 6.32. The number of nitrogens with zero attached hydrogens (tertiary/aromatic N) is 1. The first kappa shape index (κ1) is 12.1. The molecule has 0 aliphatic carbocycles. The van der Waals surface area contributed by atoms with Crippen LogP contribution in [0.5, 0.6) is 0 Å². The number of hydrogen-bond acceptors (Lipinski definition) is 1. The number of benzene rings is 2. The van der Waals surface area contributed by atoms with Gasteiger partial charge in [0.15, 0.2) is 0 Å². The summed E-state index contributed by atoms with van der Waals surface area (Å²) < 4.78 is 1.07. The SMILES string of the molecule is CC(=Nc1ccc(Br)cc1)c1ccc(C)cc1. The van der Waals surface area contributed by atoms with Crippen molar-refractivity contribution in [1.29, 1.82) is 0 Å². The van der Waals surface area contributed by atoms with Gasteiger partial charge in [0, 0.05) is 10.2 Å². The first-order chi connectivity index (χ1) is 8.15. The van der Waals surface area contributed by atoms with Gasteiger partial charge in [0.1, 0.15) is 0 Å². The molecule has 0 fully saturated rings. The molecule has 0 aliphatic rings. The highest BCUT2D eigenvalue weighted by atomic mass is 79.9. The summed E-state index contributed by atoms with van der Waals surface area (Å²) in [5, 5.41) is 0. The quantitative estimate of drug-likeness (QED) is 0.697. The van der Waals surface area contributed by atoms with Crippen molar-refractivity contribution in [1.82, 2.24) is 0 Å². The molecule has 0 unspecified atom stereocenters. The Morgan fingerprint density at radius 2 is 1.53 bits per heavy atom. The Kier molecular flexibility index (Phi) is 3.75. The molecule has 0 amide bonds. The minimum atomic E-state index is 0.978. The van der Waals surface area contributed by atoms with E-state index in [2.05, 4.69) is 52.1 Å². The lowest BCUT2D eigenvalue weighted by Gasteiger charge is -2.02. The van der Waals surface area contributed by atoms with E-state index >= 15 is 0 Å². The van der Waals surface area contributed by atoms with Crippen LogP contribution in [-0.2, 0) is 0 Å². The molecule has 0 aliphatic heterocycles. The Bertz CT molecular complexity index is 524. The second-order valence-corrected chi connectivity index (χ2v) is 4.96. The van der Waals surface area contributed by atoms with Crippen molar-refractivity contribution in [2.24, 2.45) is 4.99 Å². The maximum atomic E-state index is 4.60. The molecule has 2 aromatic rings. The third kappa shape index (κ3) is 3.27. The van der Waals surface area contributed by atoms with E-state index in [0.29, 0.717) is 0 Å². The lowest BCUT2D eigenvalue weighted by Crippen LogP contribution is -1.93. The topological polar surface area (TPSA) is 12.4 Å². The Hall–Kier alpha value is -1.41. The zero-order valence-corrected chi connectivity index (χ0v) is 11.5. The van der Waals surface area contributed by atoms with Crippen LogP contribution in [0.3, 0.4) is 0 Å². The average molecular weight is 288 g/mol. The van der Waals surface area contributed by atoms with Gasteiger partial charge in [-0.15, -0.1) is 0 Å². The van der Waals surface area contributed by atoms with E-state index in [1.165, 1.54) is 11.1 Å². The summed E-state index contributed by atoms with van der Waals surface area (Å²) >= 11 is 3.42. The van der Waals surface area contributed by atoms with Crippen molar-refractivity contribution in [3.8, 4) is 0 Å². The van der Waals surface area contributed by atoms with Gasteiger partial charge in [-0.05, 0) is 43.7 Å². The number of rotatable bonds is 2. The summed E-state index contributed by atoms with van der Waals surface area (Å²) in [6, 6.07) is 16.4. The zero-order chi connectivity index (χ0) is 12.3. The molecule has 0 N–H and O–H groups in total. The van der Waals surface area contributed by atoms with Crippen LogP contribution in [0.15, 0.2) is 58.0 Å². The van der Waals surface area contributed by atoms with Crippen molar-refractivity contribution >= 4 is 27.3 Å². The second kappa shape index (κ2) is 5.28. The Balaban J connectivity index is 2.27. The van der Waals surface area contributed by atoms with E-state index < -0.39 is 0 Å². The summed E-state index contributed by atoms with van der Waals surface area (Å²) in [7, 11) is 0. The van der Waals surface area contributed by atoms with Gasteiger partial charge in [0.2, 0.25) is 0 Å². The predicted molar refractivity (Wildman–Crippen MR) is 77.2 cm³/mol. The third-order valence-corrected chi connectivity index (χ3v) is 3.12. The van der Waals surface area contributed by atoms with Crippen LogP contribution < -0.4 is 0 Å². The molecule has 1 nitrogen and oxygen atoms in total. The number of aryl methyl sites for hydroxylation is 1. The van der Waals surface area contributed by atoms with Crippen LogP contribution in [-0.4, -0.2) is 5.71 Å². The van der Waals surface area contributed by atoms with E-state index in [4.69, 9.17) is 0 Å². The molecule has 0 spiro atoms. The molecular formula is C15H14BrN. The highest BCUT2D eigenvalue weighted by molar-refractivity contribution is 9.10. The molecule has 0 heterocycles. The Labute approximate surface area is 110 Å². The normalized spacial score (nSPS) is 11.6. The molecule has 0 aromatic heterocycles. The van der Waals surface area contributed by atoms with Crippen LogP contribution in [0, 0.1) is 6.92 Å². The van der Waals surface area contributed by atoms with Crippen molar-refractivity contribution in [2.75, 3.05) is 0 Å². The number of hydrogen-bond donors (Lipinski definition) is 0. The summed E-state index contributed by atoms with van der Waals surface area (Å²) in [5.41, 5.74) is 4.45. The van der Waals surface area contributed by atoms with Crippen LogP contribution >= 0.6 is 15.9 Å². The van der Waals surface area contributed by atoms with E-state index in [-0.39, 0.29) is 0 Å². The fourth-order valence-electron chi connectivity index (χ4n) is 1.57. The Morgan fingerprint density at radius 1 is 0.941 bits per heavy atom. The monoisotopic (exact) mass is 287 g/mol. The van der Waals surface area contributed by atoms with Crippen LogP contribution in [0.4, 0.5) is 5.69 Å². The molecule has 86 valence electrons. The lowest BCUT2D eigenvalue weighted by molar-refractivity contribution is 1.43. The largest absolute Gasteiger partial charge is 0.253 e. The molecule has 0 radical (unpaired) electrons. The van der Waals surface area contributed by atoms with Crippen molar-refractivity contribution in [3.05, 3.63) is 64.1 Å². The van der Waals surface area contributed by atoms with E-state index in [0.717, 1.165) is 15.9 Å². The smallest absolute Gasteiger partial charge is 0.0633 e. The summed E-state index contributed by atoms with van der Waals surface area (Å²) in [4.78, 5) is 4.60. The summed E-state index contributed by atoms with van der Waals surface area (Å²) in [6.07, 6.45) is 0. The molecule has 17 heavy (non-hydrogen) atoms. The van der Waals surface area contributed by atoms with Gasteiger partial charge in [0.25, 0.3) is 0 Å². The van der Waals surface area contributed by atoms with Gasteiger partial charge in [0.05, 0.1) is 5.69 Å². The predicted octanol–water partition coefficient (Wildman–Crippen LogP) is 4.90. The molecule has 0 saturated carbocycles. The van der Waals surface area contributed by atoms with Gasteiger partial charge >= 0.3 is 0 Å². The van der Waals surface area contributed by atoms with E-state index in [1.807, 2.05) is 31.2 Å². The van der Waals surface area contributed by atoms with Gasteiger partial charge in [-0.1, -0.05) is 45.8 Å². The average Bonchev–Trinajstić information content (AvgIpc) is 2.33. The molecule has 0 atom stereocenters. The summed E-state index contributed by atoms with van der Waals surface area (Å²) in [5.74, 6) is 0. The highest BCUT2D eigenvalue weighted by Crippen LogP contribution is 2.18. The van der Waals surface area contributed by atoms with E-state index in [1.54, 1.807) is 0 Å². The van der Waals surface area contributed by atoms with E-state index in [9.17, 15) is 0 Å². The number of aliphatic imine (C=N–C) groups is 1. The van der Waals surface area contributed by atoms with Crippen LogP contribution in [0.2, 0.25) is 0 Å². The minimum Gasteiger partial charge on any atom is -0.253 e. The molecular weight excluding hydrogens is 274 g/mol. The van der Waals surface area contributed by atoms with Crippen molar-refractivity contribution < 1.29 is 0 Å². The zero-order valence-electron chi connectivity index (χ0n) is 9.94. The molecule has 0 saturated heterocycles. The standard InChI is InChI=1S/C15H14BrN/c1-11-3-5-13(6-4-11)12(2)17-15-9-7-14(16)8-10-15/h3-10H,1-2H3. The molecule has 0 bridgehead atoms. The van der Waals surface area contributed by atoms with Gasteiger partial charge in [-0.3, -0.25) is 4.99 Å². The maximum absolute atomic E-state index is 4.60. The minimum absolute atomic E-state index is 0.978. The Morgan fingerprint density at radius 3 is 2.12 bits per heavy atom. The van der Waals surface area contributed by atoms with Gasteiger partial charge in [-0.2, -0.15) is 0 Å². The van der Waals surface area contributed by atoms with Crippen LogP contribution in [0.1, 0.15) is 18.1 Å². The second-order valence-electron chi connectivity index (χ2n) is 4.04. The number of halogens is 1. The molecule has 2 heteroatoms.